The lowest BCUT2D eigenvalue weighted by Gasteiger charge is -2.16. The summed E-state index contributed by atoms with van der Waals surface area (Å²) in [4.78, 5) is 10.8. The van der Waals surface area contributed by atoms with E-state index < -0.39 is 5.97 Å². The Balaban J connectivity index is 2.05. The molecule has 0 unspecified atom stereocenters. The van der Waals surface area contributed by atoms with Gasteiger partial charge in [0.15, 0.2) is 0 Å². The van der Waals surface area contributed by atoms with Crippen molar-refractivity contribution in [3.63, 3.8) is 0 Å². The van der Waals surface area contributed by atoms with Gasteiger partial charge in [-0.3, -0.25) is 0 Å². The first-order chi connectivity index (χ1) is 8.77. The average Bonchev–Trinajstić information content (AvgIpc) is 2.52. The summed E-state index contributed by atoms with van der Waals surface area (Å²) in [5, 5.41) is 8.91. The molecule has 18 heavy (non-hydrogen) atoms. The minimum Gasteiger partial charge on any atom is -0.478 e. The van der Waals surface area contributed by atoms with Gasteiger partial charge in [0.2, 0.25) is 0 Å². The van der Waals surface area contributed by atoms with Crippen molar-refractivity contribution in [1.29, 1.82) is 0 Å². The molecule has 1 N–H and O–H groups in total. The van der Waals surface area contributed by atoms with Crippen molar-refractivity contribution in [3.8, 4) is 0 Å². The maximum atomic E-state index is 10.8. The Morgan fingerprint density at radius 1 is 0.889 bits per heavy atom. The van der Waals surface area contributed by atoms with Gasteiger partial charge in [-0.25, -0.2) is 4.79 Å². The Bertz CT molecular complexity index is 371. The Morgan fingerprint density at radius 3 is 1.89 bits per heavy atom. The van der Waals surface area contributed by atoms with Crippen LogP contribution in [-0.4, -0.2) is 11.1 Å². The zero-order chi connectivity index (χ0) is 12.8. The van der Waals surface area contributed by atoms with Crippen LogP contribution in [0.1, 0.15) is 73.2 Å². The van der Waals surface area contributed by atoms with Crippen LogP contribution in [0.4, 0.5) is 0 Å². The van der Waals surface area contributed by atoms with E-state index in [9.17, 15) is 4.79 Å². The fraction of sp³-hybridized carbons (Fsp3) is 0.562. The minimum absolute atomic E-state index is 0.391. The molecule has 0 aliphatic heterocycles. The van der Waals surface area contributed by atoms with E-state index in [-0.39, 0.29) is 0 Å². The molecule has 0 aromatic heterocycles. The van der Waals surface area contributed by atoms with Crippen LogP contribution in [0.5, 0.6) is 0 Å². The summed E-state index contributed by atoms with van der Waals surface area (Å²) in [6.45, 7) is 0. The van der Waals surface area contributed by atoms with Crippen LogP contribution in [0.3, 0.4) is 0 Å². The molecule has 2 rings (SSSR count). The normalized spacial score (nSPS) is 18.7. The first kappa shape index (κ1) is 13.1. The number of hydrogen-bond donors (Lipinski definition) is 1. The second kappa shape index (κ2) is 6.58. The topological polar surface area (TPSA) is 37.3 Å². The van der Waals surface area contributed by atoms with Crippen molar-refractivity contribution in [3.05, 3.63) is 35.4 Å². The third-order valence-corrected chi connectivity index (χ3v) is 3.98. The molecule has 0 amide bonds. The van der Waals surface area contributed by atoms with Crippen molar-refractivity contribution in [1.82, 2.24) is 0 Å². The first-order valence-corrected chi connectivity index (χ1v) is 7.10. The largest absolute Gasteiger partial charge is 0.478 e. The number of carbonyl (C=O) groups is 1. The monoisotopic (exact) mass is 246 g/mol. The molecule has 0 spiro atoms. The van der Waals surface area contributed by atoms with Gasteiger partial charge >= 0.3 is 5.97 Å². The van der Waals surface area contributed by atoms with Gasteiger partial charge in [-0.1, -0.05) is 50.7 Å². The van der Waals surface area contributed by atoms with Crippen molar-refractivity contribution in [2.45, 2.75) is 57.3 Å². The van der Waals surface area contributed by atoms with E-state index in [0.29, 0.717) is 11.5 Å². The molecule has 1 aliphatic carbocycles. The molecule has 1 saturated carbocycles. The Hall–Kier alpha value is -1.31. The molecule has 1 fully saturated rings. The van der Waals surface area contributed by atoms with Crippen molar-refractivity contribution in [2.75, 3.05) is 0 Å². The molecular formula is C16H22O2. The molecule has 0 saturated heterocycles. The smallest absolute Gasteiger partial charge is 0.335 e. The van der Waals surface area contributed by atoms with E-state index in [1.165, 1.54) is 56.9 Å². The number of aromatic carboxylic acids is 1. The summed E-state index contributed by atoms with van der Waals surface area (Å²) in [6.07, 6.45) is 10.6. The van der Waals surface area contributed by atoms with Gasteiger partial charge in [0.1, 0.15) is 0 Å². The van der Waals surface area contributed by atoms with Crippen LogP contribution in [0, 0.1) is 0 Å². The van der Waals surface area contributed by atoms with Crippen molar-refractivity contribution < 1.29 is 9.90 Å². The summed E-state index contributed by atoms with van der Waals surface area (Å²) >= 11 is 0. The highest BCUT2D eigenvalue weighted by Gasteiger charge is 2.13. The number of hydrogen-bond acceptors (Lipinski definition) is 1. The van der Waals surface area contributed by atoms with E-state index in [4.69, 9.17) is 5.11 Å². The highest BCUT2D eigenvalue weighted by atomic mass is 16.4. The Labute approximate surface area is 109 Å². The number of benzene rings is 1. The van der Waals surface area contributed by atoms with E-state index in [1.54, 1.807) is 12.1 Å². The molecule has 1 aromatic rings. The SMILES string of the molecule is O=C(O)c1ccc(C2CCCCCCCC2)cc1. The first-order valence-electron chi connectivity index (χ1n) is 7.10. The third-order valence-electron chi connectivity index (χ3n) is 3.98. The van der Waals surface area contributed by atoms with Crippen LogP contribution in [0.2, 0.25) is 0 Å². The van der Waals surface area contributed by atoms with E-state index >= 15 is 0 Å². The highest BCUT2D eigenvalue weighted by molar-refractivity contribution is 5.87. The molecule has 2 nitrogen and oxygen atoms in total. The Kier molecular flexibility index (Phi) is 4.80. The number of rotatable bonds is 2. The summed E-state index contributed by atoms with van der Waals surface area (Å²) < 4.78 is 0. The molecule has 98 valence electrons. The lowest BCUT2D eigenvalue weighted by Crippen LogP contribution is -2.01. The molecule has 0 heterocycles. The van der Waals surface area contributed by atoms with Gasteiger partial charge in [-0.2, -0.15) is 0 Å². The van der Waals surface area contributed by atoms with Gasteiger partial charge in [-0.05, 0) is 36.5 Å². The molecule has 0 atom stereocenters. The van der Waals surface area contributed by atoms with E-state index in [1.807, 2.05) is 12.1 Å². The zero-order valence-corrected chi connectivity index (χ0v) is 10.9. The summed E-state index contributed by atoms with van der Waals surface area (Å²) in [5.41, 5.74) is 1.71. The van der Waals surface area contributed by atoms with Crippen LogP contribution in [0.15, 0.2) is 24.3 Å². The van der Waals surface area contributed by atoms with Gasteiger partial charge in [0, 0.05) is 0 Å². The molecule has 0 bridgehead atoms. The predicted molar refractivity (Wildman–Crippen MR) is 73.1 cm³/mol. The maximum Gasteiger partial charge on any atom is 0.335 e. The molecular weight excluding hydrogens is 224 g/mol. The van der Waals surface area contributed by atoms with Crippen LogP contribution < -0.4 is 0 Å². The molecule has 1 aromatic carbocycles. The second-order valence-electron chi connectivity index (χ2n) is 5.32. The van der Waals surface area contributed by atoms with Gasteiger partial charge in [-0.15, -0.1) is 0 Å². The molecule has 1 aliphatic rings. The third kappa shape index (κ3) is 3.59. The summed E-state index contributed by atoms with van der Waals surface area (Å²) in [6, 6.07) is 7.49. The summed E-state index contributed by atoms with van der Waals surface area (Å²) in [5.74, 6) is -0.207. The van der Waals surface area contributed by atoms with Crippen LogP contribution in [0.25, 0.3) is 0 Å². The minimum atomic E-state index is -0.837. The van der Waals surface area contributed by atoms with Gasteiger partial charge < -0.3 is 5.11 Å². The standard InChI is InChI=1S/C16H22O2/c17-16(18)15-11-9-14(10-12-15)13-7-5-3-1-2-4-6-8-13/h9-13H,1-8H2,(H,17,18). The van der Waals surface area contributed by atoms with Crippen LogP contribution >= 0.6 is 0 Å². The van der Waals surface area contributed by atoms with E-state index in [2.05, 4.69) is 0 Å². The predicted octanol–water partition coefficient (Wildman–Crippen LogP) is 4.60. The Morgan fingerprint density at radius 2 is 1.39 bits per heavy atom. The quantitative estimate of drug-likeness (QED) is 0.827. The fourth-order valence-corrected chi connectivity index (χ4v) is 2.86. The van der Waals surface area contributed by atoms with Gasteiger partial charge in [0.25, 0.3) is 0 Å². The molecule has 2 heteroatoms. The summed E-state index contributed by atoms with van der Waals surface area (Å²) in [7, 11) is 0. The molecule has 0 radical (unpaired) electrons. The zero-order valence-electron chi connectivity index (χ0n) is 10.9. The van der Waals surface area contributed by atoms with Crippen molar-refractivity contribution in [2.24, 2.45) is 0 Å². The average molecular weight is 246 g/mol. The van der Waals surface area contributed by atoms with Crippen molar-refractivity contribution >= 4 is 5.97 Å². The highest BCUT2D eigenvalue weighted by Crippen LogP contribution is 2.30. The fourth-order valence-electron chi connectivity index (χ4n) is 2.86. The lowest BCUT2D eigenvalue weighted by molar-refractivity contribution is 0.0697. The maximum absolute atomic E-state index is 10.8. The number of carboxylic acids is 1. The second-order valence-corrected chi connectivity index (χ2v) is 5.32. The van der Waals surface area contributed by atoms with Crippen LogP contribution in [-0.2, 0) is 0 Å². The van der Waals surface area contributed by atoms with E-state index in [0.717, 1.165) is 0 Å². The van der Waals surface area contributed by atoms with Gasteiger partial charge in [0.05, 0.1) is 5.56 Å². The lowest BCUT2D eigenvalue weighted by atomic mass is 9.89. The number of carboxylic acid groups (broad SMARTS) is 1.